The van der Waals surface area contributed by atoms with E-state index in [-0.39, 0.29) is 12.6 Å². The first-order chi connectivity index (χ1) is 9.60. The monoisotopic (exact) mass is 338 g/mol. The van der Waals surface area contributed by atoms with Crippen LogP contribution in [0.2, 0.25) is 0 Å². The first-order valence-corrected chi connectivity index (χ1v) is 6.99. The maximum absolute atomic E-state index is 11.8. The fourth-order valence-electron chi connectivity index (χ4n) is 1.54. The Morgan fingerprint density at radius 1 is 1.45 bits per heavy atom. The van der Waals surface area contributed by atoms with E-state index in [0.717, 1.165) is 22.2 Å². The van der Waals surface area contributed by atoms with Gasteiger partial charge in [0.25, 0.3) is 0 Å². The predicted octanol–water partition coefficient (Wildman–Crippen LogP) is 3.02. The molecule has 0 fully saturated rings. The molecular formula is C13H15BrN4O2. The summed E-state index contributed by atoms with van der Waals surface area (Å²) < 4.78 is 6.29. The van der Waals surface area contributed by atoms with E-state index < -0.39 is 0 Å². The van der Waals surface area contributed by atoms with Crippen LogP contribution in [0.15, 0.2) is 27.3 Å². The number of rotatable bonds is 4. The lowest BCUT2D eigenvalue weighted by molar-refractivity contribution is 0.250. The minimum atomic E-state index is -0.352. The molecule has 2 aromatic heterocycles. The summed E-state index contributed by atoms with van der Waals surface area (Å²) in [4.78, 5) is 20.0. The quantitative estimate of drug-likeness (QED) is 0.897. The number of oxazole rings is 1. The van der Waals surface area contributed by atoms with Gasteiger partial charge in [-0.05, 0) is 13.0 Å². The molecule has 0 aliphatic carbocycles. The average Bonchev–Trinajstić information content (AvgIpc) is 2.90. The van der Waals surface area contributed by atoms with E-state index in [0.29, 0.717) is 11.7 Å². The van der Waals surface area contributed by atoms with Gasteiger partial charge >= 0.3 is 6.03 Å². The summed E-state index contributed by atoms with van der Waals surface area (Å²) in [5.41, 5.74) is 0.868. The van der Waals surface area contributed by atoms with Crippen LogP contribution in [0.4, 0.5) is 10.6 Å². The molecular weight excluding hydrogens is 324 g/mol. The topological polar surface area (TPSA) is 80.0 Å². The summed E-state index contributed by atoms with van der Waals surface area (Å²) >= 11 is 3.39. The van der Waals surface area contributed by atoms with Gasteiger partial charge in [-0.1, -0.05) is 22.9 Å². The zero-order valence-corrected chi connectivity index (χ0v) is 12.8. The Hall–Kier alpha value is -1.89. The molecule has 0 aromatic carbocycles. The Morgan fingerprint density at radius 3 is 2.95 bits per heavy atom. The standard InChI is InChI=1S/C13H15BrN4O2/c1-3-9-6-16-11(20-9)7-17-13(19)18-12-8(2)10(14)4-5-15-12/h4-6H,3,7H2,1-2H3,(H2,15,17,18,19). The average molecular weight is 339 g/mol. The van der Waals surface area contributed by atoms with Crippen molar-refractivity contribution >= 4 is 27.8 Å². The van der Waals surface area contributed by atoms with Crippen molar-refractivity contribution in [1.29, 1.82) is 0 Å². The Morgan fingerprint density at radius 2 is 2.25 bits per heavy atom. The van der Waals surface area contributed by atoms with Crippen molar-refractivity contribution in [3.63, 3.8) is 0 Å². The van der Waals surface area contributed by atoms with Crippen LogP contribution in [0.3, 0.4) is 0 Å². The van der Waals surface area contributed by atoms with Crippen LogP contribution in [0.25, 0.3) is 0 Å². The number of hydrogen-bond acceptors (Lipinski definition) is 4. The van der Waals surface area contributed by atoms with Gasteiger partial charge < -0.3 is 9.73 Å². The molecule has 0 unspecified atom stereocenters. The predicted molar refractivity (Wildman–Crippen MR) is 78.4 cm³/mol. The lowest BCUT2D eigenvalue weighted by atomic mass is 10.3. The summed E-state index contributed by atoms with van der Waals surface area (Å²) in [7, 11) is 0. The third kappa shape index (κ3) is 3.57. The molecule has 2 aromatic rings. The molecule has 20 heavy (non-hydrogen) atoms. The van der Waals surface area contributed by atoms with Crippen molar-refractivity contribution in [1.82, 2.24) is 15.3 Å². The van der Waals surface area contributed by atoms with Crippen LogP contribution in [0, 0.1) is 6.92 Å². The maximum atomic E-state index is 11.8. The van der Waals surface area contributed by atoms with Gasteiger partial charge in [0, 0.05) is 22.7 Å². The van der Waals surface area contributed by atoms with Gasteiger partial charge in [0.2, 0.25) is 5.89 Å². The first kappa shape index (κ1) is 14.5. The van der Waals surface area contributed by atoms with Crippen LogP contribution in [0.1, 0.15) is 24.1 Å². The molecule has 0 bridgehead atoms. The second kappa shape index (κ2) is 6.51. The minimum Gasteiger partial charge on any atom is -0.444 e. The Kier molecular flexibility index (Phi) is 4.73. The van der Waals surface area contributed by atoms with Gasteiger partial charge in [0.05, 0.1) is 12.7 Å². The van der Waals surface area contributed by atoms with E-state index in [9.17, 15) is 4.79 Å². The molecule has 0 atom stereocenters. The fourth-order valence-corrected chi connectivity index (χ4v) is 1.85. The van der Waals surface area contributed by atoms with Crippen LogP contribution in [-0.2, 0) is 13.0 Å². The van der Waals surface area contributed by atoms with Crippen molar-refractivity contribution in [2.75, 3.05) is 5.32 Å². The van der Waals surface area contributed by atoms with Crippen molar-refractivity contribution in [3.05, 3.63) is 40.1 Å². The first-order valence-electron chi connectivity index (χ1n) is 6.19. The molecule has 106 valence electrons. The van der Waals surface area contributed by atoms with Crippen LogP contribution < -0.4 is 10.6 Å². The summed E-state index contributed by atoms with van der Waals surface area (Å²) in [6.45, 7) is 4.08. The number of nitrogens with one attached hydrogen (secondary N) is 2. The number of carbonyl (C=O) groups is 1. The van der Waals surface area contributed by atoms with E-state index in [2.05, 4.69) is 36.5 Å². The van der Waals surface area contributed by atoms with E-state index in [1.807, 2.05) is 19.9 Å². The third-order valence-corrected chi connectivity index (χ3v) is 3.58. The van der Waals surface area contributed by atoms with E-state index in [1.54, 1.807) is 12.4 Å². The lowest BCUT2D eigenvalue weighted by Crippen LogP contribution is -2.29. The highest BCUT2D eigenvalue weighted by molar-refractivity contribution is 9.10. The summed E-state index contributed by atoms with van der Waals surface area (Å²) in [5, 5.41) is 5.35. The molecule has 0 radical (unpaired) electrons. The van der Waals surface area contributed by atoms with Gasteiger partial charge in [-0.2, -0.15) is 0 Å². The number of aryl methyl sites for hydroxylation is 1. The zero-order chi connectivity index (χ0) is 14.5. The number of aromatic nitrogens is 2. The highest BCUT2D eigenvalue weighted by atomic mass is 79.9. The molecule has 0 saturated carbocycles. The van der Waals surface area contributed by atoms with Crippen LogP contribution in [0.5, 0.6) is 0 Å². The molecule has 0 spiro atoms. The molecule has 7 heteroatoms. The number of halogens is 1. The molecule has 2 rings (SSSR count). The molecule has 2 N–H and O–H groups in total. The van der Waals surface area contributed by atoms with Crippen molar-refractivity contribution < 1.29 is 9.21 Å². The second-order valence-electron chi connectivity index (χ2n) is 4.15. The number of hydrogen-bond donors (Lipinski definition) is 2. The summed E-state index contributed by atoms with van der Waals surface area (Å²) in [5.74, 6) is 1.79. The van der Waals surface area contributed by atoms with Gasteiger partial charge in [0.15, 0.2) is 0 Å². The van der Waals surface area contributed by atoms with Crippen LogP contribution >= 0.6 is 15.9 Å². The SMILES string of the molecule is CCc1cnc(CNC(=O)Nc2nccc(Br)c2C)o1. The van der Waals surface area contributed by atoms with Crippen molar-refractivity contribution in [2.45, 2.75) is 26.8 Å². The highest BCUT2D eigenvalue weighted by Crippen LogP contribution is 2.20. The Labute approximate surface area is 125 Å². The van der Waals surface area contributed by atoms with Gasteiger partial charge in [-0.3, -0.25) is 5.32 Å². The highest BCUT2D eigenvalue weighted by Gasteiger charge is 2.09. The molecule has 6 nitrogen and oxygen atoms in total. The maximum Gasteiger partial charge on any atom is 0.320 e. The number of urea groups is 1. The summed E-state index contributed by atoms with van der Waals surface area (Å²) in [6, 6.07) is 1.47. The van der Waals surface area contributed by atoms with Gasteiger partial charge in [-0.25, -0.2) is 14.8 Å². The summed E-state index contributed by atoms with van der Waals surface area (Å²) in [6.07, 6.45) is 4.06. The van der Waals surface area contributed by atoms with Crippen LogP contribution in [-0.4, -0.2) is 16.0 Å². The van der Waals surface area contributed by atoms with E-state index in [4.69, 9.17) is 4.42 Å². The number of amides is 2. The number of anilines is 1. The molecule has 0 aliphatic rings. The van der Waals surface area contributed by atoms with E-state index in [1.165, 1.54) is 0 Å². The molecule has 0 saturated heterocycles. The van der Waals surface area contributed by atoms with Gasteiger partial charge in [-0.15, -0.1) is 0 Å². The fraction of sp³-hybridized carbons (Fsp3) is 0.308. The molecule has 0 aliphatic heterocycles. The minimum absolute atomic E-state index is 0.235. The Balaban J connectivity index is 1.91. The lowest BCUT2D eigenvalue weighted by Gasteiger charge is -2.08. The number of nitrogens with zero attached hydrogens (tertiary/aromatic N) is 2. The number of pyridine rings is 1. The Bertz CT molecular complexity index is 612. The van der Waals surface area contributed by atoms with Crippen molar-refractivity contribution in [2.24, 2.45) is 0 Å². The smallest absolute Gasteiger partial charge is 0.320 e. The van der Waals surface area contributed by atoms with Gasteiger partial charge in [0.1, 0.15) is 11.6 Å². The zero-order valence-electron chi connectivity index (χ0n) is 11.2. The largest absolute Gasteiger partial charge is 0.444 e. The van der Waals surface area contributed by atoms with E-state index >= 15 is 0 Å². The van der Waals surface area contributed by atoms with Crippen molar-refractivity contribution in [3.8, 4) is 0 Å². The second-order valence-corrected chi connectivity index (χ2v) is 5.00. The molecule has 2 heterocycles. The molecule has 2 amide bonds. The number of carbonyl (C=O) groups excluding carboxylic acids is 1. The third-order valence-electron chi connectivity index (χ3n) is 2.72. The normalized spacial score (nSPS) is 10.3.